The van der Waals surface area contributed by atoms with Crippen LogP contribution in [0.5, 0.6) is 0 Å². The lowest BCUT2D eigenvalue weighted by molar-refractivity contribution is 0.152. The Labute approximate surface area is 204 Å². The summed E-state index contributed by atoms with van der Waals surface area (Å²) in [5, 5.41) is 9.17. The van der Waals surface area contributed by atoms with Gasteiger partial charge in [-0.25, -0.2) is 0 Å². The molecule has 0 bridgehead atoms. The predicted octanol–water partition coefficient (Wildman–Crippen LogP) is 3.09. The molecule has 3 rings (SSSR count). The molecule has 0 aliphatic carbocycles. The maximum atomic E-state index is 4.95. The highest BCUT2D eigenvalue weighted by Gasteiger charge is 2.24. The largest absolute Gasteiger partial charge is 0.357 e. The lowest BCUT2D eigenvalue weighted by Gasteiger charge is -2.32. The van der Waals surface area contributed by atoms with E-state index in [2.05, 4.69) is 56.8 Å². The van der Waals surface area contributed by atoms with Gasteiger partial charge in [0.2, 0.25) is 0 Å². The van der Waals surface area contributed by atoms with Crippen molar-refractivity contribution in [1.82, 2.24) is 25.3 Å². The third-order valence-electron chi connectivity index (χ3n) is 6.01. The third-order valence-corrected chi connectivity index (χ3v) is 6.98. The van der Waals surface area contributed by atoms with Gasteiger partial charge in [0.1, 0.15) is 0 Å². The van der Waals surface area contributed by atoms with E-state index in [9.17, 15) is 0 Å². The highest BCUT2D eigenvalue weighted by atomic mass is 127. The van der Waals surface area contributed by atoms with Crippen LogP contribution in [0.25, 0.3) is 0 Å². The number of nitrogens with zero attached hydrogens (tertiary/aromatic N) is 4. The maximum absolute atomic E-state index is 4.95. The van der Waals surface area contributed by atoms with E-state index in [1.54, 1.807) is 0 Å². The second-order valence-electron chi connectivity index (χ2n) is 8.27. The number of hydrogen-bond acceptors (Lipinski definition) is 5. The zero-order chi connectivity index (χ0) is 20.3. The van der Waals surface area contributed by atoms with Crippen molar-refractivity contribution in [3.05, 3.63) is 22.4 Å². The second kappa shape index (κ2) is 14.6. The topological polar surface area (TPSA) is 46.1 Å². The average molecular weight is 549 g/mol. The van der Waals surface area contributed by atoms with Crippen molar-refractivity contribution >= 4 is 41.3 Å². The van der Waals surface area contributed by atoms with Gasteiger partial charge in [0.25, 0.3) is 0 Å². The SMILES string of the molecule is CCNC(=NCC(c1cccs1)N1CCCC1)NCCCCN1CCN(C)CC1.I. The highest BCUT2D eigenvalue weighted by molar-refractivity contribution is 14.0. The lowest BCUT2D eigenvalue weighted by atomic mass is 10.2. The molecule has 1 unspecified atom stereocenters. The Balaban J connectivity index is 0.00000320. The van der Waals surface area contributed by atoms with Gasteiger partial charge < -0.3 is 20.4 Å². The fraction of sp³-hybridized carbons (Fsp3) is 0.773. The smallest absolute Gasteiger partial charge is 0.191 e. The number of halogens is 1. The van der Waals surface area contributed by atoms with E-state index >= 15 is 0 Å². The summed E-state index contributed by atoms with van der Waals surface area (Å²) in [6.45, 7) is 13.3. The number of nitrogens with one attached hydrogen (secondary N) is 2. The van der Waals surface area contributed by atoms with Crippen molar-refractivity contribution in [2.24, 2.45) is 4.99 Å². The summed E-state index contributed by atoms with van der Waals surface area (Å²) < 4.78 is 0. The first-order valence-electron chi connectivity index (χ1n) is 11.5. The second-order valence-corrected chi connectivity index (χ2v) is 9.25. The van der Waals surface area contributed by atoms with Crippen LogP contribution in [-0.4, -0.2) is 93.2 Å². The molecule has 8 heteroatoms. The molecule has 6 nitrogen and oxygen atoms in total. The minimum atomic E-state index is 0. The van der Waals surface area contributed by atoms with Crippen molar-refractivity contribution in [2.45, 2.75) is 38.6 Å². The van der Waals surface area contributed by atoms with Crippen molar-refractivity contribution < 1.29 is 0 Å². The van der Waals surface area contributed by atoms with Crippen LogP contribution in [0.1, 0.15) is 43.5 Å². The first kappa shape index (κ1) is 25.8. The van der Waals surface area contributed by atoms with E-state index in [0.29, 0.717) is 6.04 Å². The van der Waals surface area contributed by atoms with E-state index in [4.69, 9.17) is 4.99 Å². The van der Waals surface area contributed by atoms with Crippen LogP contribution in [0.15, 0.2) is 22.5 Å². The molecule has 2 aliphatic heterocycles. The molecule has 0 aromatic carbocycles. The number of likely N-dealkylation sites (N-methyl/N-ethyl adjacent to an activating group) is 1. The number of guanidine groups is 1. The number of unbranched alkanes of at least 4 members (excludes halogenated alkanes) is 1. The summed E-state index contributed by atoms with van der Waals surface area (Å²) in [4.78, 5) is 14.0. The molecule has 2 N–H and O–H groups in total. The third kappa shape index (κ3) is 8.61. The maximum Gasteiger partial charge on any atom is 0.191 e. The summed E-state index contributed by atoms with van der Waals surface area (Å²) in [6, 6.07) is 4.85. The quantitative estimate of drug-likeness (QED) is 0.204. The van der Waals surface area contributed by atoms with E-state index < -0.39 is 0 Å². The first-order chi connectivity index (χ1) is 14.3. The van der Waals surface area contributed by atoms with E-state index in [1.807, 2.05) is 11.3 Å². The molecule has 2 fully saturated rings. The molecule has 0 saturated carbocycles. The zero-order valence-corrected chi connectivity index (χ0v) is 22.0. The minimum absolute atomic E-state index is 0. The average Bonchev–Trinajstić information content (AvgIpc) is 3.44. The molecule has 2 saturated heterocycles. The Morgan fingerprint density at radius 1 is 1.10 bits per heavy atom. The Bertz CT molecular complexity index is 582. The summed E-state index contributed by atoms with van der Waals surface area (Å²) >= 11 is 1.86. The van der Waals surface area contributed by atoms with Crippen LogP contribution in [-0.2, 0) is 0 Å². The summed E-state index contributed by atoms with van der Waals surface area (Å²) in [6.07, 6.45) is 5.08. The Morgan fingerprint density at radius 2 is 1.87 bits per heavy atom. The fourth-order valence-electron chi connectivity index (χ4n) is 4.18. The Kier molecular flexibility index (Phi) is 12.6. The standard InChI is InChI=1S/C22H40N6S.HI/c1-3-23-22(24-10-4-5-11-27-16-14-26(2)15-17-27)25-19-20(21-9-8-18-29-21)28-12-6-7-13-28;/h8-9,18,20H,3-7,10-17,19H2,1-2H3,(H2,23,24,25);1H. The molecule has 30 heavy (non-hydrogen) atoms. The highest BCUT2D eigenvalue weighted by Crippen LogP contribution is 2.28. The molecule has 0 spiro atoms. The van der Waals surface area contributed by atoms with Crippen LogP contribution in [0.4, 0.5) is 0 Å². The molecule has 2 aliphatic rings. The monoisotopic (exact) mass is 548 g/mol. The fourth-order valence-corrected chi connectivity index (χ4v) is 5.03. The van der Waals surface area contributed by atoms with E-state index in [1.165, 1.54) is 76.4 Å². The Morgan fingerprint density at radius 3 is 2.53 bits per heavy atom. The zero-order valence-electron chi connectivity index (χ0n) is 18.8. The molecule has 172 valence electrons. The number of thiophene rings is 1. The van der Waals surface area contributed by atoms with Gasteiger partial charge >= 0.3 is 0 Å². The molecule has 3 heterocycles. The van der Waals surface area contributed by atoms with Gasteiger partial charge in [-0.2, -0.15) is 0 Å². The number of hydrogen-bond donors (Lipinski definition) is 2. The van der Waals surface area contributed by atoms with Crippen molar-refractivity contribution in [1.29, 1.82) is 0 Å². The molecular weight excluding hydrogens is 507 g/mol. The van der Waals surface area contributed by atoms with Crippen LogP contribution in [0.3, 0.4) is 0 Å². The van der Waals surface area contributed by atoms with E-state index in [0.717, 1.165) is 25.6 Å². The minimum Gasteiger partial charge on any atom is -0.357 e. The lowest BCUT2D eigenvalue weighted by Crippen LogP contribution is -2.44. The summed E-state index contributed by atoms with van der Waals surface area (Å²) in [7, 11) is 2.22. The summed E-state index contributed by atoms with van der Waals surface area (Å²) in [5.74, 6) is 0.966. The van der Waals surface area contributed by atoms with Gasteiger partial charge in [0.15, 0.2) is 5.96 Å². The van der Waals surface area contributed by atoms with Crippen LogP contribution < -0.4 is 10.6 Å². The van der Waals surface area contributed by atoms with Gasteiger partial charge in [0.05, 0.1) is 12.6 Å². The first-order valence-corrected chi connectivity index (χ1v) is 12.3. The number of piperazine rings is 1. The van der Waals surface area contributed by atoms with Gasteiger partial charge in [0, 0.05) is 44.1 Å². The van der Waals surface area contributed by atoms with Gasteiger partial charge in [-0.1, -0.05) is 6.07 Å². The molecule has 1 atom stereocenters. The predicted molar refractivity (Wildman–Crippen MR) is 140 cm³/mol. The van der Waals surface area contributed by atoms with E-state index in [-0.39, 0.29) is 24.0 Å². The van der Waals surface area contributed by atoms with Gasteiger partial charge in [-0.05, 0) is 70.7 Å². The normalized spacial score (nSPS) is 20.1. The molecule has 0 radical (unpaired) electrons. The molecule has 1 aromatic heterocycles. The number of aliphatic imine (C=N–C) groups is 1. The number of rotatable bonds is 10. The number of likely N-dealkylation sites (tertiary alicyclic amines) is 1. The summed E-state index contributed by atoms with van der Waals surface area (Å²) in [5.41, 5.74) is 0. The van der Waals surface area contributed by atoms with Crippen LogP contribution in [0, 0.1) is 0 Å². The molecule has 1 aromatic rings. The van der Waals surface area contributed by atoms with Crippen LogP contribution >= 0.6 is 35.3 Å². The van der Waals surface area contributed by atoms with Gasteiger partial charge in [-0.3, -0.25) is 9.89 Å². The molecule has 0 amide bonds. The van der Waals surface area contributed by atoms with Gasteiger partial charge in [-0.15, -0.1) is 35.3 Å². The van der Waals surface area contributed by atoms with Crippen molar-refractivity contribution in [2.75, 3.05) is 72.5 Å². The van der Waals surface area contributed by atoms with Crippen molar-refractivity contribution in [3.8, 4) is 0 Å². The van der Waals surface area contributed by atoms with Crippen LogP contribution in [0.2, 0.25) is 0 Å². The van der Waals surface area contributed by atoms with Crippen molar-refractivity contribution in [3.63, 3.8) is 0 Å². The molecular formula is C22H41IN6S. The Hall–Kier alpha value is -0.420.